The molecule has 0 N–H and O–H groups in total. The summed E-state index contributed by atoms with van der Waals surface area (Å²) in [5.41, 5.74) is 1.11. The summed E-state index contributed by atoms with van der Waals surface area (Å²) >= 11 is 13.1. The third-order valence-corrected chi connectivity index (χ3v) is 5.56. The van der Waals surface area contributed by atoms with Gasteiger partial charge in [0.05, 0.1) is 0 Å². The van der Waals surface area contributed by atoms with Crippen molar-refractivity contribution in [2.45, 2.75) is 25.0 Å². The lowest BCUT2D eigenvalue weighted by atomic mass is 10.1. The lowest BCUT2D eigenvalue weighted by molar-refractivity contribution is 0.352. The molecule has 3 rings (SSSR count). The van der Waals surface area contributed by atoms with E-state index in [-0.39, 0.29) is 5.63 Å². The second kappa shape index (κ2) is 7.02. The fourth-order valence-electron chi connectivity index (χ4n) is 2.63. The molecular formula is C16H16ClNO2S2. The van der Waals surface area contributed by atoms with E-state index >= 15 is 0 Å². The van der Waals surface area contributed by atoms with Gasteiger partial charge >= 0.3 is 5.63 Å². The Labute approximate surface area is 143 Å². The minimum Gasteiger partial charge on any atom is -0.423 e. The van der Waals surface area contributed by atoms with Crippen molar-refractivity contribution >= 4 is 50.9 Å². The number of piperidine rings is 1. The minimum absolute atomic E-state index is 0.353. The minimum atomic E-state index is -0.353. The van der Waals surface area contributed by atoms with Crippen LogP contribution in [0.15, 0.2) is 33.5 Å². The van der Waals surface area contributed by atoms with E-state index in [9.17, 15) is 4.79 Å². The zero-order valence-corrected chi connectivity index (χ0v) is 14.4. The van der Waals surface area contributed by atoms with Gasteiger partial charge in [-0.15, -0.1) is 0 Å². The highest BCUT2D eigenvalue weighted by molar-refractivity contribution is 8.22. The highest BCUT2D eigenvalue weighted by Crippen LogP contribution is 2.26. The first-order valence-corrected chi connectivity index (χ1v) is 9.05. The molecule has 1 fully saturated rings. The molecule has 1 aromatic carbocycles. The Hall–Kier alpha value is -1.04. The molecule has 0 radical (unpaired) electrons. The van der Waals surface area contributed by atoms with Crippen molar-refractivity contribution < 1.29 is 4.42 Å². The number of nitrogens with zero attached hydrogens (tertiary/aromatic N) is 1. The molecule has 1 aromatic heterocycles. The van der Waals surface area contributed by atoms with Crippen molar-refractivity contribution in [1.29, 1.82) is 0 Å². The quantitative estimate of drug-likeness (QED) is 0.588. The number of thiocarbonyl (C=S) groups is 1. The molecular weight excluding hydrogens is 338 g/mol. The third kappa shape index (κ3) is 3.65. The normalized spacial score (nSPS) is 15.2. The molecule has 1 aliphatic rings. The van der Waals surface area contributed by atoms with E-state index in [1.807, 2.05) is 6.07 Å². The SMILES string of the molecule is O=c1cc(CSC(=S)N2CCCCC2)c2ccc(Cl)cc2o1. The Kier molecular flexibility index (Phi) is 5.06. The second-order valence-electron chi connectivity index (χ2n) is 5.33. The fraction of sp³-hybridized carbons (Fsp3) is 0.375. The lowest BCUT2D eigenvalue weighted by Gasteiger charge is -2.28. The number of hydrogen-bond donors (Lipinski definition) is 0. The van der Waals surface area contributed by atoms with Crippen LogP contribution in [0.3, 0.4) is 0 Å². The molecule has 1 aliphatic heterocycles. The van der Waals surface area contributed by atoms with E-state index in [0.29, 0.717) is 16.4 Å². The molecule has 0 aliphatic carbocycles. The van der Waals surface area contributed by atoms with Gasteiger partial charge in [0, 0.05) is 41.4 Å². The van der Waals surface area contributed by atoms with E-state index in [0.717, 1.165) is 28.4 Å². The predicted octanol–water partition coefficient (Wildman–Crippen LogP) is 4.45. The van der Waals surface area contributed by atoms with Crippen molar-refractivity contribution in [2.75, 3.05) is 13.1 Å². The van der Waals surface area contributed by atoms with Gasteiger partial charge in [0.2, 0.25) is 0 Å². The molecule has 6 heteroatoms. The van der Waals surface area contributed by atoms with Crippen molar-refractivity contribution in [3.8, 4) is 0 Å². The van der Waals surface area contributed by atoms with Gasteiger partial charge in [-0.2, -0.15) is 0 Å². The van der Waals surface area contributed by atoms with E-state index < -0.39 is 0 Å². The predicted molar refractivity (Wildman–Crippen MR) is 96.8 cm³/mol. The van der Waals surface area contributed by atoms with E-state index in [2.05, 4.69) is 4.90 Å². The van der Waals surface area contributed by atoms with Gasteiger partial charge in [0.15, 0.2) is 0 Å². The van der Waals surface area contributed by atoms with Crippen LogP contribution in [0.2, 0.25) is 5.02 Å². The molecule has 0 bridgehead atoms. The van der Waals surface area contributed by atoms with Gasteiger partial charge in [0.1, 0.15) is 9.90 Å². The monoisotopic (exact) mass is 353 g/mol. The molecule has 0 atom stereocenters. The van der Waals surface area contributed by atoms with E-state index in [1.165, 1.54) is 19.3 Å². The Balaban J connectivity index is 1.78. The smallest absolute Gasteiger partial charge is 0.336 e. The van der Waals surface area contributed by atoms with Crippen LogP contribution in [0.25, 0.3) is 11.0 Å². The Bertz CT molecular complexity index is 753. The molecule has 2 heterocycles. The van der Waals surface area contributed by atoms with Gasteiger partial charge in [0.25, 0.3) is 0 Å². The summed E-state index contributed by atoms with van der Waals surface area (Å²) < 4.78 is 6.13. The molecule has 0 amide bonds. The Morgan fingerprint density at radius 1 is 1.27 bits per heavy atom. The van der Waals surface area contributed by atoms with Crippen LogP contribution in [0.4, 0.5) is 0 Å². The zero-order chi connectivity index (χ0) is 15.5. The number of thioether (sulfide) groups is 1. The van der Waals surface area contributed by atoms with Crippen LogP contribution in [0.5, 0.6) is 0 Å². The molecule has 0 saturated carbocycles. The van der Waals surface area contributed by atoms with Crippen LogP contribution >= 0.6 is 35.6 Å². The van der Waals surface area contributed by atoms with Crippen molar-refractivity contribution in [2.24, 2.45) is 0 Å². The van der Waals surface area contributed by atoms with Crippen molar-refractivity contribution in [3.63, 3.8) is 0 Å². The summed E-state index contributed by atoms with van der Waals surface area (Å²) in [7, 11) is 0. The number of hydrogen-bond acceptors (Lipinski definition) is 4. The Morgan fingerprint density at radius 2 is 2.05 bits per heavy atom. The summed E-state index contributed by atoms with van der Waals surface area (Å²) in [4.78, 5) is 14.0. The van der Waals surface area contributed by atoms with Crippen LogP contribution in [0, 0.1) is 0 Å². The summed E-state index contributed by atoms with van der Waals surface area (Å²) in [6.07, 6.45) is 3.70. The van der Waals surface area contributed by atoms with Gasteiger partial charge < -0.3 is 9.32 Å². The van der Waals surface area contributed by atoms with Crippen molar-refractivity contribution in [3.05, 3.63) is 45.3 Å². The standard InChI is InChI=1S/C16H16ClNO2S2/c17-12-4-5-13-11(8-15(19)20-14(13)9-12)10-22-16(21)18-6-2-1-3-7-18/h4-5,8-9H,1-3,6-7,10H2. The third-order valence-electron chi connectivity index (χ3n) is 3.76. The molecule has 1 saturated heterocycles. The first-order chi connectivity index (χ1) is 10.6. The number of rotatable bonds is 2. The molecule has 0 spiro atoms. The first-order valence-electron chi connectivity index (χ1n) is 7.27. The van der Waals surface area contributed by atoms with Crippen molar-refractivity contribution in [1.82, 2.24) is 4.90 Å². The van der Waals surface area contributed by atoms with E-state index in [4.69, 9.17) is 28.2 Å². The summed E-state index contributed by atoms with van der Waals surface area (Å²) in [5.74, 6) is 0.666. The van der Waals surface area contributed by atoms with E-state index in [1.54, 1.807) is 30.0 Å². The Morgan fingerprint density at radius 3 is 2.82 bits per heavy atom. The number of benzene rings is 1. The summed E-state index contributed by atoms with van der Waals surface area (Å²) in [6, 6.07) is 6.92. The second-order valence-corrected chi connectivity index (χ2v) is 7.38. The maximum Gasteiger partial charge on any atom is 0.336 e. The first kappa shape index (κ1) is 15.8. The maximum atomic E-state index is 11.7. The van der Waals surface area contributed by atoms with Crippen LogP contribution in [-0.2, 0) is 5.75 Å². The summed E-state index contributed by atoms with van der Waals surface area (Å²) in [5, 5.41) is 1.47. The molecule has 116 valence electrons. The highest BCUT2D eigenvalue weighted by Gasteiger charge is 2.15. The van der Waals surface area contributed by atoms with Gasteiger partial charge in [-0.1, -0.05) is 35.6 Å². The van der Waals surface area contributed by atoms with Crippen LogP contribution in [-0.4, -0.2) is 22.3 Å². The largest absolute Gasteiger partial charge is 0.423 e. The molecule has 22 heavy (non-hydrogen) atoms. The topological polar surface area (TPSA) is 33.5 Å². The zero-order valence-electron chi connectivity index (χ0n) is 12.0. The lowest BCUT2D eigenvalue weighted by Crippen LogP contribution is -2.32. The maximum absolute atomic E-state index is 11.7. The fourth-order valence-corrected chi connectivity index (χ4v) is 4.03. The molecule has 2 aromatic rings. The average Bonchev–Trinajstić information content (AvgIpc) is 2.52. The van der Waals surface area contributed by atoms with Crippen LogP contribution in [0.1, 0.15) is 24.8 Å². The van der Waals surface area contributed by atoms with Gasteiger partial charge in [-0.25, -0.2) is 4.79 Å². The number of fused-ring (bicyclic) bond motifs is 1. The van der Waals surface area contributed by atoms with Gasteiger partial charge in [-0.05, 0) is 37.0 Å². The highest BCUT2D eigenvalue weighted by atomic mass is 35.5. The van der Waals surface area contributed by atoms with Crippen LogP contribution < -0.4 is 5.63 Å². The molecule has 0 unspecified atom stereocenters. The average molecular weight is 354 g/mol. The molecule has 3 nitrogen and oxygen atoms in total. The van der Waals surface area contributed by atoms with Gasteiger partial charge in [-0.3, -0.25) is 0 Å². The summed E-state index contributed by atoms with van der Waals surface area (Å²) in [6.45, 7) is 2.08. The number of halogens is 1. The number of likely N-dealkylation sites (tertiary alicyclic amines) is 1.